The van der Waals surface area contributed by atoms with Crippen molar-refractivity contribution in [1.82, 2.24) is 0 Å². The number of methoxy groups -OCH3 is 1. The third kappa shape index (κ3) is 4.73. The molecule has 0 aromatic rings. The Balaban J connectivity index is 4.02. The highest BCUT2D eigenvalue weighted by molar-refractivity contribution is 5.65. The Hall–Kier alpha value is -0.630. The first-order chi connectivity index (χ1) is 5.02. The van der Waals surface area contributed by atoms with E-state index in [-0.39, 0.29) is 5.60 Å². The predicted octanol–water partition coefficient (Wildman–Crippen LogP) is 1.95. The second-order valence-electron chi connectivity index (χ2n) is 3.29. The maximum absolute atomic E-state index is 10.1. The number of rotatable bonds is 4. The summed E-state index contributed by atoms with van der Waals surface area (Å²) in [6.07, 6.45) is 3.17. The highest BCUT2D eigenvalue weighted by Crippen LogP contribution is 2.17. The van der Waals surface area contributed by atoms with Gasteiger partial charge in [0.1, 0.15) is 6.29 Å². The van der Waals surface area contributed by atoms with E-state index in [0.29, 0.717) is 0 Å². The SMILES string of the molecule is COC(C)(C)C/C(C)=C/C=O. The van der Waals surface area contributed by atoms with Crippen molar-refractivity contribution in [3.05, 3.63) is 11.6 Å². The summed E-state index contributed by atoms with van der Waals surface area (Å²) >= 11 is 0. The van der Waals surface area contributed by atoms with E-state index < -0.39 is 0 Å². The number of carbonyl (C=O) groups is 1. The Bertz CT molecular complexity index is 157. The van der Waals surface area contributed by atoms with Gasteiger partial charge >= 0.3 is 0 Å². The van der Waals surface area contributed by atoms with Crippen LogP contribution in [0, 0.1) is 0 Å². The highest BCUT2D eigenvalue weighted by atomic mass is 16.5. The van der Waals surface area contributed by atoms with Crippen molar-refractivity contribution in [2.45, 2.75) is 32.8 Å². The second kappa shape index (κ2) is 4.29. The molecule has 0 spiro atoms. The quantitative estimate of drug-likeness (QED) is 0.459. The Kier molecular flexibility index (Phi) is 4.04. The summed E-state index contributed by atoms with van der Waals surface area (Å²) in [6, 6.07) is 0. The zero-order valence-electron chi connectivity index (χ0n) is 7.68. The van der Waals surface area contributed by atoms with Gasteiger partial charge in [-0.25, -0.2) is 0 Å². The van der Waals surface area contributed by atoms with E-state index in [4.69, 9.17) is 4.74 Å². The van der Waals surface area contributed by atoms with Crippen LogP contribution >= 0.6 is 0 Å². The number of allylic oxidation sites excluding steroid dienone is 1. The third-order valence-corrected chi connectivity index (χ3v) is 1.61. The molecule has 0 atom stereocenters. The average Bonchev–Trinajstić information content (AvgIpc) is 1.87. The Morgan fingerprint density at radius 1 is 1.55 bits per heavy atom. The van der Waals surface area contributed by atoms with Crippen LogP contribution in [0.1, 0.15) is 27.2 Å². The fourth-order valence-electron chi connectivity index (χ4n) is 0.919. The molecule has 64 valence electrons. The Labute approximate surface area is 68.2 Å². The molecular weight excluding hydrogens is 140 g/mol. The number of ether oxygens (including phenoxy) is 1. The maximum Gasteiger partial charge on any atom is 0.142 e. The number of aldehydes is 1. The lowest BCUT2D eigenvalue weighted by Gasteiger charge is -2.22. The molecule has 0 aliphatic heterocycles. The minimum absolute atomic E-state index is 0.163. The minimum atomic E-state index is -0.163. The molecule has 0 bridgehead atoms. The van der Waals surface area contributed by atoms with Crippen LogP contribution in [0.15, 0.2) is 11.6 Å². The van der Waals surface area contributed by atoms with Crippen LogP contribution in [0.4, 0.5) is 0 Å². The summed E-state index contributed by atoms with van der Waals surface area (Å²) in [7, 11) is 1.67. The molecular formula is C9H16O2. The van der Waals surface area contributed by atoms with Gasteiger partial charge in [0.15, 0.2) is 0 Å². The standard InChI is InChI=1S/C9H16O2/c1-8(5-6-10)7-9(2,3)11-4/h5-6H,7H2,1-4H3/b8-5+. The van der Waals surface area contributed by atoms with Crippen molar-refractivity contribution in [2.75, 3.05) is 7.11 Å². The van der Waals surface area contributed by atoms with Crippen LogP contribution in [-0.2, 0) is 9.53 Å². The molecule has 0 saturated carbocycles. The van der Waals surface area contributed by atoms with Gasteiger partial charge < -0.3 is 4.74 Å². The summed E-state index contributed by atoms with van der Waals surface area (Å²) in [5.41, 5.74) is 0.885. The first kappa shape index (κ1) is 10.4. The van der Waals surface area contributed by atoms with Crippen LogP contribution in [-0.4, -0.2) is 19.0 Å². The molecule has 0 unspecified atom stereocenters. The maximum atomic E-state index is 10.1. The molecule has 0 aliphatic carbocycles. The lowest BCUT2D eigenvalue weighted by molar-refractivity contribution is -0.104. The fourth-order valence-corrected chi connectivity index (χ4v) is 0.919. The zero-order valence-corrected chi connectivity index (χ0v) is 7.68. The van der Waals surface area contributed by atoms with Crippen LogP contribution in [0.5, 0.6) is 0 Å². The van der Waals surface area contributed by atoms with Crippen LogP contribution in [0.3, 0.4) is 0 Å². The minimum Gasteiger partial charge on any atom is -0.378 e. The summed E-state index contributed by atoms with van der Waals surface area (Å²) < 4.78 is 5.20. The normalized spacial score (nSPS) is 13.3. The molecule has 2 nitrogen and oxygen atoms in total. The van der Waals surface area contributed by atoms with Crippen LogP contribution in [0.2, 0.25) is 0 Å². The van der Waals surface area contributed by atoms with Crippen molar-refractivity contribution in [3.8, 4) is 0 Å². The largest absolute Gasteiger partial charge is 0.378 e. The molecule has 0 aromatic heterocycles. The monoisotopic (exact) mass is 156 g/mol. The molecule has 2 heteroatoms. The van der Waals surface area contributed by atoms with Gasteiger partial charge in [-0.15, -0.1) is 0 Å². The predicted molar refractivity (Wildman–Crippen MR) is 45.5 cm³/mol. The third-order valence-electron chi connectivity index (χ3n) is 1.61. The van der Waals surface area contributed by atoms with Gasteiger partial charge in [0.25, 0.3) is 0 Å². The first-order valence-electron chi connectivity index (χ1n) is 3.68. The number of carbonyl (C=O) groups excluding carboxylic acids is 1. The molecule has 0 aromatic carbocycles. The summed E-state index contributed by atoms with van der Waals surface area (Å²) in [4.78, 5) is 10.1. The van der Waals surface area contributed by atoms with Gasteiger partial charge in [-0.2, -0.15) is 0 Å². The molecule has 0 fully saturated rings. The smallest absolute Gasteiger partial charge is 0.142 e. The molecule has 11 heavy (non-hydrogen) atoms. The summed E-state index contributed by atoms with van der Waals surface area (Å²) in [5, 5.41) is 0. The van der Waals surface area contributed by atoms with Gasteiger partial charge in [-0.05, 0) is 33.3 Å². The fraction of sp³-hybridized carbons (Fsp3) is 0.667. The molecule has 0 radical (unpaired) electrons. The van der Waals surface area contributed by atoms with Crippen molar-refractivity contribution < 1.29 is 9.53 Å². The first-order valence-corrected chi connectivity index (χ1v) is 3.68. The van der Waals surface area contributed by atoms with Crippen LogP contribution in [0.25, 0.3) is 0 Å². The van der Waals surface area contributed by atoms with Gasteiger partial charge in [0.2, 0.25) is 0 Å². The summed E-state index contributed by atoms with van der Waals surface area (Å²) in [6.45, 7) is 5.92. The average molecular weight is 156 g/mol. The van der Waals surface area contributed by atoms with E-state index in [9.17, 15) is 4.79 Å². The van der Waals surface area contributed by atoms with Gasteiger partial charge in [-0.1, -0.05) is 5.57 Å². The number of hydrogen-bond acceptors (Lipinski definition) is 2. The van der Waals surface area contributed by atoms with Gasteiger partial charge in [0, 0.05) is 7.11 Å². The lowest BCUT2D eigenvalue weighted by Crippen LogP contribution is -2.22. The molecule has 0 rings (SSSR count). The highest BCUT2D eigenvalue weighted by Gasteiger charge is 2.15. The Morgan fingerprint density at radius 2 is 2.09 bits per heavy atom. The molecule has 0 saturated heterocycles. The van der Waals surface area contributed by atoms with Gasteiger partial charge in [0.05, 0.1) is 5.60 Å². The van der Waals surface area contributed by atoms with E-state index in [1.54, 1.807) is 13.2 Å². The van der Waals surface area contributed by atoms with E-state index in [0.717, 1.165) is 18.3 Å². The van der Waals surface area contributed by atoms with Crippen molar-refractivity contribution in [2.24, 2.45) is 0 Å². The molecule has 0 N–H and O–H groups in total. The molecule has 0 amide bonds. The molecule has 0 heterocycles. The number of hydrogen-bond donors (Lipinski definition) is 0. The van der Waals surface area contributed by atoms with Crippen LogP contribution < -0.4 is 0 Å². The van der Waals surface area contributed by atoms with E-state index in [1.165, 1.54) is 0 Å². The van der Waals surface area contributed by atoms with Crippen molar-refractivity contribution in [3.63, 3.8) is 0 Å². The van der Waals surface area contributed by atoms with Gasteiger partial charge in [-0.3, -0.25) is 4.79 Å². The van der Waals surface area contributed by atoms with Crippen molar-refractivity contribution >= 4 is 6.29 Å². The molecule has 0 aliphatic rings. The zero-order chi connectivity index (χ0) is 8.91. The van der Waals surface area contributed by atoms with E-state index in [2.05, 4.69) is 0 Å². The summed E-state index contributed by atoms with van der Waals surface area (Å²) in [5.74, 6) is 0. The van der Waals surface area contributed by atoms with E-state index >= 15 is 0 Å². The lowest BCUT2D eigenvalue weighted by atomic mass is 9.99. The Morgan fingerprint density at radius 3 is 2.45 bits per heavy atom. The van der Waals surface area contributed by atoms with Crippen molar-refractivity contribution in [1.29, 1.82) is 0 Å². The topological polar surface area (TPSA) is 26.3 Å². The van der Waals surface area contributed by atoms with E-state index in [1.807, 2.05) is 20.8 Å². The second-order valence-corrected chi connectivity index (χ2v) is 3.29.